The fourth-order valence-electron chi connectivity index (χ4n) is 19.5. The zero-order valence-electron chi connectivity index (χ0n) is 76.3. The molecule has 0 atom stereocenters. The summed E-state index contributed by atoms with van der Waals surface area (Å²) in [6.45, 7) is 15.7. The Morgan fingerprint density at radius 3 is 0.703 bits per heavy atom. The van der Waals surface area contributed by atoms with E-state index in [-0.39, 0.29) is 37.9 Å². The Kier molecular flexibility index (Phi) is 36.2. The van der Waals surface area contributed by atoms with Crippen molar-refractivity contribution >= 4 is 44.6 Å². The summed E-state index contributed by atoms with van der Waals surface area (Å²) in [4.78, 5) is 4.81. The van der Waals surface area contributed by atoms with Crippen molar-refractivity contribution in [2.24, 2.45) is 0 Å². The first kappa shape index (κ1) is 94.2. The molecule has 2 saturated heterocycles. The number of aliphatic hydroxyl groups is 4. The number of nitrogens with zero attached hydrogens (tertiary/aromatic N) is 2. The summed E-state index contributed by atoms with van der Waals surface area (Å²) in [7, 11) is 2.22. The predicted octanol–water partition coefficient (Wildman–Crippen LogP) is 28.3. The van der Waals surface area contributed by atoms with Crippen molar-refractivity contribution in [2.45, 2.75) is 186 Å². The van der Waals surface area contributed by atoms with Gasteiger partial charge in [0.2, 0.25) is 0 Å². The van der Waals surface area contributed by atoms with E-state index in [2.05, 4.69) is 299 Å². The Labute approximate surface area is 764 Å². The SMILES string of the molecule is C=C(C)N1CCC(c2ccc(/C(=C(/CCCO)c3ccccc3)c3ccc(O)cc3)cc2)CC1.Cc1ccc(/C(=C(\CCCO)c2ccccc2)c2ccc(C3CCCCC3)cc2)cc1.Cc1ccc(/C(=C(\CCCO)c2ccccc2)c2ccc(C3CCN(C)CC3)cc2)cc1.OCCC/C(=C(\c1ccc(O)cc1)c1ccc(C2CCCCC2)cc1)c1ccccc1. The smallest absolute Gasteiger partial charge is 0.115 e. The second kappa shape index (κ2) is 49.2. The molecule has 2 heterocycles. The van der Waals surface area contributed by atoms with Crippen LogP contribution in [0.5, 0.6) is 11.5 Å². The van der Waals surface area contributed by atoms with E-state index in [1.54, 1.807) is 24.3 Å². The first-order valence-electron chi connectivity index (χ1n) is 47.5. The number of phenolic OH excluding ortho intramolecular Hbond substituents is 2. The maximum Gasteiger partial charge on any atom is 0.115 e. The molecule has 12 aromatic carbocycles. The number of rotatable bonds is 29. The Morgan fingerprint density at radius 1 is 0.266 bits per heavy atom. The zero-order valence-corrected chi connectivity index (χ0v) is 76.3. The van der Waals surface area contributed by atoms with Gasteiger partial charge in [0.15, 0.2) is 0 Å². The summed E-state index contributed by atoms with van der Waals surface area (Å²) in [6, 6.07) is 112. The van der Waals surface area contributed by atoms with Gasteiger partial charge in [0.25, 0.3) is 0 Å². The number of piperidine rings is 2. The van der Waals surface area contributed by atoms with Crippen LogP contribution < -0.4 is 0 Å². The minimum atomic E-state index is 0.154. The average molecular weight is 1700 g/mol. The van der Waals surface area contributed by atoms with E-state index in [1.807, 2.05) is 36.4 Å². The largest absolute Gasteiger partial charge is 0.508 e. The lowest BCUT2D eigenvalue weighted by atomic mass is 9.82. The van der Waals surface area contributed by atoms with Gasteiger partial charge >= 0.3 is 0 Å². The van der Waals surface area contributed by atoms with Crippen molar-refractivity contribution in [3.8, 4) is 11.5 Å². The molecule has 0 spiro atoms. The van der Waals surface area contributed by atoms with Crippen LogP contribution in [0, 0.1) is 13.8 Å². The third kappa shape index (κ3) is 26.4. The summed E-state index contributed by atoms with van der Waals surface area (Å²) >= 11 is 0. The van der Waals surface area contributed by atoms with Crippen molar-refractivity contribution in [3.63, 3.8) is 0 Å². The Balaban J connectivity index is 0.000000146. The van der Waals surface area contributed by atoms with Crippen molar-refractivity contribution in [1.29, 1.82) is 0 Å². The van der Waals surface area contributed by atoms with Crippen LogP contribution in [-0.2, 0) is 0 Å². The molecule has 0 amide bonds. The molecule has 4 fully saturated rings. The molecule has 8 heteroatoms. The van der Waals surface area contributed by atoms with Crippen LogP contribution in [0.4, 0.5) is 0 Å². The number of benzene rings is 12. The molecule has 2 aliphatic carbocycles. The molecule has 662 valence electrons. The Bertz CT molecular complexity index is 5290. The highest BCUT2D eigenvalue weighted by Gasteiger charge is 2.26. The van der Waals surface area contributed by atoms with E-state index in [0.29, 0.717) is 30.6 Å². The van der Waals surface area contributed by atoms with Gasteiger partial charge in [0, 0.05) is 45.2 Å². The zero-order chi connectivity index (χ0) is 89.2. The molecule has 8 nitrogen and oxygen atoms in total. The monoisotopic (exact) mass is 1700 g/mol. The minimum Gasteiger partial charge on any atom is -0.508 e. The molecule has 0 aromatic heterocycles. The molecule has 16 rings (SSSR count). The summed E-state index contributed by atoms with van der Waals surface area (Å²) in [5.74, 6) is 3.18. The van der Waals surface area contributed by atoms with Crippen LogP contribution in [0.2, 0.25) is 0 Å². The second-order valence-corrected chi connectivity index (χ2v) is 35.7. The first-order chi connectivity index (χ1) is 62.7. The van der Waals surface area contributed by atoms with Crippen LogP contribution in [0.15, 0.2) is 328 Å². The van der Waals surface area contributed by atoms with Gasteiger partial charge in [-0.25, -0.2) is 0 Å². The summed E-state index contributed by atoms with van der Waals surface area (Å²) in [6.07, 6.45) is 24.4. The lowest BCUT2D eigenvalue weighted by molar-refractivity contribution is 0.255. The Morgan fingerprint density at radius 2 is 0.477 bits per heavy atom. The molecule has 0 radical (unpaired) electrons. The summed E-state index contributed by atoms with van der Waals surface area (Å²) in [5.41, 5.74) is 33.7. The number of aliphatic hydroxyl groups excluding tert-OH is 4. The maximum atomic E-state index is 9.88. The lowest BCUT2D eigenvalue weighted by Gasteiger charge is -2.34. The van der Waals surface area contributed by atoms with Gasteiger partial charge in [-0.05, 0) is 325 Å². The number of likely N-dealkylation sites (tertiary alicyclic amines) is 2. The molecule has 128 heavy (non-hydrogen) atoms. The van der Waals surface area contributed by atoms with Gasteiger partial charge in [0.05, 0.1) is 0 Å². The standard InChI is InChI=1S/C31H35NO2.C30H35NO.C30H34O.C29H32O2/c1-23(2)32-20-18-25(19-21-32)24-10-12-27(13-11-24)31(28-14-16-29(34)17-15-28)30(9-6-22-33)26-7-4-3-5-8-26;1-23-10-12-27(13-11-23)30(29(9-6-22-32)26-7-4-3-5-8-26)28-16-14-24(15-17-28)25-18-20-31(2)21-19-25;1-23-14-16-27(17-15-23)30(29(13-8-22-31)26-11-6-3-7-12-26)28-20-18-25(19-21-28)24-9-4-2-5-10-24;30-21-7-12-28(24-10-5-2-6-11-24)29(26-17-19-27(31)20-18-26)25-15-13-23(14-16-25)22-8-3-1-4-9-22/h3-5,7-8,10-17,25,33-34H,1,6,9,18-22H2,2H3;3-5,7-8,10-17,25,32H,6,9,18-22H2,1-2H3;3,6-7,11-12,14-21,24,31H,2,4-5,8-10,13,22H2,1H3;2,5-6,10-11,13-20,22,30-31H,1,3-4,7-9,12,21H2/b31-30+;2*30-29-;29-28+. The molecule has 0 bridgehead atoms. The molecule has 2 saturated carbocycles. The maximum absolute atomic E-state index is 9.88. The first-order valence-corrected chi connectivity index (χ1v) is 47.5. The lowest BCUT2D eigenvalue weighted by Crippen LogP contribution is -2.31. The predicted molar refractivity (Wildman–Crippen MR) is 539 cm³/mol. The van der Waals surface area contributed by atoms with Crippen LogP contribution in [0.25, 0.3) is 44.6 Å². The summed E-state index contributed by atoms with van der Waals surface area (Å²) in [5, 5.41) is 58.0. The number of phenols is 2. The van der Waals surface area contributed by atoms with E-state index in [9.17, 15) is 30.6 Å². The van der Waals surface area contributed by atoms with Crippen molar-refractivity contribution in [2.75, 3.05) is 59.7 Å². The van der Waals surface area contributed by atoms with E-state index >= 15 is 0 Å². The van der Waals surface area contributed by atoms with Gasteiger partial charge in [-0.1, -0.05) is 347 Å². The fourth-order valence-corrected chi connectivity index (χ4v) is 19.5. The third-order valence-electron chi connectivity index (χ3n) is 26.7. The molecule has 0 unspecified atom stereocenters. The summed E-state index contributed by atoms with van der Waals surface area (Å²) < 4.78 is 0. The van der Waals surface area contributed by atoms with Gasteiger partial charge in [0.1, 0.15) is 11.5 Å². The highest BCUT2D eigenvalue weighted by molar-refractivity contribution is 6.02. The van der Waals surface area contributed by atoms with Crippen LogP contribution in [0.3, 0.4) is 0 Å². The molecular weight excluding hydrogens is 1570 g/mol. The second-order valence-electron chi connectivity index (χ2n) is 35.7. The van der Waals surface area contributed by atoms with E-state index in [4.69, 9.17) is 0 Å². The topological polar surface area (TPSA) is 128 Å². The number of hydrogen-bond acceptors (Lipinski definition) is 8. The van der Waals surface area contributed by atoms with Crippen LogP contribution >= 0.6 is 0 Å². The van der Waals surface area contributed by atoms with Crippen LogP contribution in [-0.4, -0.2) is 100 Å². The van der Waals surface area contributed by atoms with Crippen molar-refractivity contribution in [1.82, 2.24) is 9.80 Å². The number of aromatic hydroxyl groups is 2. The third-order valence-corrected chi connectivity index (χ3v) is 26.7. The minimum absolute atomic E-state index is 0.154. The van der Waals surface area contributed by atoms with E-state index in [0.717, 1.165) is 104 Å². The van der Waals surface area contributed by atoms with Crippen LogP contribution in [0.1, 0.15) is 272 Å². The number of allylic oxidation sites excluding steroid dienone is 5. The molecule has 6 N–H and O–H groups in total. The van der Waals surface area contributed by atoms with Gasteiger partial charge in [-0.2, -0.15) is 0 Å². The van der Waals surface area contributed by atoms with E-state index in [1.165, 1.54) is 207 Å². The van der Waals surface area contributed by atoms with E-state index < -0.39 is 0 Å². The molecular formula is C120H136N2O6. The quantitative estimate of drug-likeness (QED) is 0.0256. The van der Waals surface area contributed by atoms with Gasteiger partial charge in [-0.3, -0.25) is 0 Å². The molecule has 2 aliphatic heterocycles. The normalized spacial score (nSPS) is 15.6. The van der Waals surface area contributed by atoms with Crippen molar-refractivity contribution in [3.05, 3.63) is 428 Å². The van der Waals surface area contributed by atoms with Gasteiger partial charge < -0.3 is 40.4 Å². The highest BCUT2D eigenvalue weighted by atomic mass is 16.3. The fraction of sp³-hybridized carbons (Fsp3) is 0.317. The average Bonchev–Trinajstić information content (AvgIpc) is 0.809. The molecule has 12 aromatic rings. The number of hydrogen-bond donors (Lipinski definition) is 6. The van der Waals surface area contributed by atoms with Gasteiger partial charge in [-0.15, -0.1) is 0 Å². The van der Waals surface area contributed by atoms with Crippen molar-refractivity contribution < 1.29 is 30.6 Å². The highest BCUT2D eigenvalue weighted by Crippen LogP contribution is 2.44. The Hall–Kier alpha value is -11.5. The number of aryl methyl sites for hydroxylation is 2. The molecule has 4 aliphatic rings.